The number of thiocarbonyl (C=S) groups is 1. The molecule has 0 aliphatic heterocycles. The van der Waals surface area contributed by atoms with E-state index in [1.807, 2.05) is 0 Å². The van der Waals surface area contributed by atoms with E-state index in [9.17, 15) is 0 Å². The zero-order valence-electron chi connectivity index (χ0n) is 19.6. The average molecular weight is 532 g/mol. The number of rotatable bonds is 5. The van der Waals surface area contributed by atoms with Gasteiger partial charge in [0.15, 0.2) is 0 Å². The fraction of sp³-hybridized carbons (Fsp3) is 0.296. The van der Waals surface area contributed by atoms with Crippen LogP contribution in [0, 0.1) is 0 Å². The van der Waals surface area contributed by atoms with Gasteiger partial charge in [-0.25, -0.2) is 0 Å². The fourth-order valence-corrected chi connectivity index (χ4v) is 7.80. The number of aromatic nitrogens is 2. The topological polar surface area (TPSA) is 53.1 Å². The molecule has 7 heteroatoms. The van der Waals surface area contributed by atoms with Crippen molar-refractivity contribution in [2.75, 3.05) is 24.3 Å². The molecule has 1 heterocycles. The van der Waals surface area contributed by atoms with Crippen molar-refractivity contribution in [1.82, 2.24) is 15.3 Å². The predicted octanol–water partition coefficient (Wildman–Crippen LogP) is 4.63. The van der Waals surface area contributed by atoms with Crippen LogP contribution in [0.3, 0.4) is 0 Å². The molecule has 174 valence electrons. The Hall–Kier alpha value is -2.69. The molecule has 1 saturated carbocycles. The molecule has 1 aliphatic rings. The van der Waals surface area contributed by atoms with Crippen molar-refractivity contribution in [2.45, 2.75) is 36.4 Å². The van der Waals surface area contributed by atoms with E-state index in [1.54, 1.807) is 0 Å². The van der Waals surface area contributed by atoms with Gasteiger partial charge in [-0.1, -0.05) is 0 Å². The summed E-state index contributed by atoms with van der Waals surface area (Å²) in [5.41, 5.74) is 2.11. The number of para-hydroxylation sites is 1. The van der Waals surface area contributed by atoms with Crippen LogP contribution in [0.15, 0.2) is 66.7 Å². The minimum absolute atomic E-state index is 0.397. The first kappa shape index (κ1) is 23.1. The van der Waals surface area contributed by atoms with Gasteiger partial charge in [-0.15, -0.1) is 0 Å². The average Bonchev–Trinajstić information content (AvgIpc) is 2.85. The number of hydrogen-bond acceptors (Lipinski definition) is 4. The zero-order valence-corrected chi connectivity index (χ0v) is 22.5. The summed E-state index contributed by atoms with van der Waals surface area (Å²) in [5.74, 6) is 1.03. The van der Waals surface area contributed by atoms with Crippen LogP contribution in [0.2, 0.25) is 4.71 Å². The van der Waals surface area contributed by atoms with Crippen LogP contribution >= 0.6 is 12.2 Å². The van der Waals surface area contributed by atoms with Gasteiger partial charge in [0.1, 0.15) is 0 Å². The van der Waals surface area contributed by atoms with Gasteiger partial charge in [-0.2, -0.15) is 0 Å². The first-order valence-corrected chi connectivity index (χ1v) is 14.5. The molecular weight excluding hydrogens is 501 g/mol. The maximum absolute atomic E-state index is 5.66. The third kappa shape index (κ3) is 5.18. The van der Waals surface area contributed by atoms with Crippen molar-refractivity contribution in [3.8, 4) is 0 Å². The number of benzene rings is 3. The van der Waals surface area contributed by atoms with Gasteiger partial charge < -0.3 is 0 Å². The summed E-state index contributed by atoms with van der Waals surface area (Å²) in [7, 11) is 4.12. The maximum atomic E-state index is 5.66. The van der Waals surface area contributed by atoms with Crippen LogP contribution in [-0.2, 0) is 0 Å². The molecule has 1 fully saturated rings. The summed E-state index contributed by atoms with van der Waals surface area (Å²) in [4.78, 5) is 12.0. The molecule has 1 unspecified atom stereocenters. The van der Waals surface area contributed by atoms with E-state index >= 15 is 0 Å². The van der Waals surface area contributed by atoms with E-state index in [1.165, 1.54) is 23.6 Å². The number of fused-ring (bicyclic) bond motifs is 2. The van der Waals surface area contributed by atoms with E-state index in [2.05, 4.69) is 96.4 Å². The van der Waals surface area contributed by atoms with Gasteiger partial charge in [0.05, 0.1) is 0 Å². The first-order chi connectivity index (χ1) is 16.6. The minimum atomic E-state index is -0.397. The summed E-state index contributed by atoms with van der Waals surface area (Å²) >= 11 is 5.26. The molecule has 1 atom stereocenters. The van der Waals surface area contributed by atoms with Crippen molar-refractivity contribution in [1.29, 1.82) is 0 Å². The normalized spacial score (nSPS) is 18.4. The van der Waals surface area contributed by atoms with E-state index in [4.69, 9.17) is 22.2 Å². The Morgan fingerprint density at radius 2 is 1.59 bits per heavy atom. The van der Waals surface area contributed by atoms with Crippen molar-refractivity contribution in [3.05, 3.63) is 66.7 Å². The summed E-state index contributed by atoms with van der Waals surface area (Å²) in [6.07, 6.45) is 4.70. The van der Waals surface area contributed by atoms with Gasteiger partial charge in [0, 0.05) is 0 Å². The Morgan fingerprint density at radius 1 is 0.882 bits per heavy atom. The van der Waals surface area contributed by atoms with Crippen molar-refractivity contribution in [2.24, 2.45) is 0 Å². The van der Waals surface area contributed by atoms with Crippen molar-refractivity contribution in [3.63, 3.8) is 0 Å². The Morgan fingerprint density at radius 3 is 2.38 bits per heavy atom. The number of anilines is 2. The molecule has 4 aromatic rings. The Kier molecular flexibility index (Phi) is 6.98. The molecule has 1 aliphatic carbocycles. The number of hydrogen-bond donors (Lipinski definition) is 2. The SMILES string of the molecule is CN(C)c1nc([AsH][C@H]2CC[C@@H](NC(=S)Nc3cccc4ccccc34)CC2)nc2ccccc12. The second-order valence-corrected chi connectivity index (χ2v) is 12.8. The molecule has 34 heavy (non-hydrogen) atoms. The molecule has 0 amide bonds. The van der Waals surface area contributed by atoms with Gasteiger partial charge in [0.2, 0.25) is 0 Å². The Labute approximate surface area is 213 Å². The number of nitrogens with zero attached hydrogens (tertiary/aromatic N) is 3. The van der Waals surface area contributed by atoms with Crippen LogP contribution in [-0.4, -0.2) is 51.0 Å². The summed E-state index contributed by atoms with van der Waals surface area (Å²) in [6, 6.07) is 23.4. The van der Waals surface area contributed by atoms with E-state index < -0.39 is 15.8 Å². The van der Waals surface area contributed by atoms with E-state index in [0.717, 1.165) is 44.6 Å². The van der Waals surface area contributed by atoms with Gasteiger partial charge >= 0.3 is 214 Å². The van der Waals surface area contributed by atoms with Crippen LogP contribution in [0.1, 0.15) is 25.7 Å². The molecular formula is C27H30AsN5S. The molecule has 0 bridgehead atoms. The number of nitrogens with one attached hydrogen (secondary N) is 2. The zero-order chi connectivity index (χ0) is 23.5. The van der Waals surface area contributed by atoms with Crippen molar-refractivity contribution >= 4 is 70.9 Å². The van der Waals surface area contributed by atoms with E-state index in [-0.39, 0.29) is 0 Å². The molecule has 1 aromatic heterocycles. The summed E-state index contributed by atoms with van der Waals surface area (Å²) in [5, 5.41) is 11.2. The third-order valence-corrected chi connectivity index (χ3v) is 9.74. The molecule has 2 N–H and O–H groups in total. The van der Waals surface area contributed by atoms with E-state index in [0.29, 0.717) is 11.2 Å². The molecule has 5 nitrogen and oxygen atoms in total. The summed E-state index contributed by atoms with van der Waals surface area (Å²) in [6.45, 7) is 0. The second-order valence-electron chi connectivity index (χ2n) is 9.10. The third-order valence-electron chi connectivity index (χ3n) is 6.44. The van der Waals surface area contributed by atoms with Crippen molar-refractivity contribution < 1.29 is 0 Å². The van der Waals surface area contributed by atoms with Gasteiger partial charge in [0.25, 0.3) is 0 Å². The fourth-order valence-electron chi connectivity index (χ4n) is 4.71. The first-order valence-electron chi connectivity index (χ1n) is 11.8. The van der Waals surface area contributed by atoms with Crippen LogP contribution in [0.5, 0.6) is 0 Å². The monoisotopic (exact) mass is 531 g/mol. The van der Waals surface area contributed by atoms with Gasteiger partial charge in [-0.05, 0) is 0 Å². The molecule has 3 aromatic carbocycles. The molecule has 0 saturated heterocycles. The Balaban J connectivity index is 1.18. The Bertz CT molecular complexity index is 1310. The molecule has 5 rings (SSSR count). The second kappa shape index (κ2) is 10.3. The van der Waals surface area contributed by atoms with Crippen LogP contribution in [0.4, 0.5) is 11.5 Å². The summed E-state index contributed by atoms with van der Waals surface area (Å²) < 4.78 is 1.81. The predicted molar refractivity (Wildman–Crippen MR) is 150 cm³/mol. The molecule has 0 radical (unpaired) electrons. The van der Waals surface area contributed by atoms with Gasteiger partial charge in [-0.3, -0.25) is 0 Å². The quantitative estimate of drug-likeness (QED) is 0.290. The molecule has 0 spiro atoms. The van der Waals surface area contributed by atoms with Crippen LogP contribution in [0.25, 0.3) is 21.7 Å². The van der Waals surface area contributed by atoms with Crippen LogP contribution < -0.4 is 20.1 Å². The standard InChI is InChI=1S/C27H30AsN5S/c1-33(2)25-22-11-5-6-12-24(22)30-26(32-25)28-19-14-16-20(17-15-19)29-27(34)31-23-13-7-9-18-8-3-4-10-21(18)23/h3-13,19-20,28H,14-17H2,1-2H3,(H2,29,31,34)/t19-,20+.